The van der Waals surface area contributed by atoms with Crippen LogP contribution < -0.4 is 4.90 Å². The Kier molecular flexibility index (Phi) is 4.99. The number of hydrogen-bond donors (Lipinski definition) is 2. The second kappa shape index (κ2) is 7.44. The predicted molar refractivity (Wildman–Crippen MR) is 103 cm³/mol. The van der Waals surface area contributed by atoms with Gasteiger partial charge in [0.25, 0.3) is 0 Å². The molecule has 2 aromatic heterocycles. The molecule has 0 unspecified atom stereocenters. The molecule has 0 spiro atoms. The number of aryl methyl sites for hydroxylation is 1. The summed E-state index contributed by atoms with van der Waals surface area (Å²) >= 11 is 0. The third kappa shape index (κ3) is 3.33. The number of fused-ring (bicyclic) bond motifs is 1. The van der Waals surface area contributed by atoms with Gasteiger partial charge in [0.15, 0.2) is 0 Å². The Hall–Kier alpha value is -2.58. The van der Waals surface area contributed by atoms with Crippen LogP contribution in [0.15, 0.2) is 36.7 Å². The quantitative estimate of drug-likeness (QED) is 0.694. The summed E-state index contributed by atoms with van der Waals surface area (Å²) in [6.45, 7) is 2.96. The molecule has 0 radical (unpaired) electrons. The first-order valence-corrected chi connectivity index (χ1v) is 9.53. The largest absolute Gasteiger partial charge is 0.396 e. The van der Waals surface area contributed by atoms with Gasteiger partial charge >= 0.3 is 0 Å². The summed E-state index contributed by atoms with van der Waals surface area (Å²) in [6.07, 6.45) is 2.68. The maximum Gasteiger partial charge on any atom is 0.200 e. The number of aliphatic hydroxyl groups is 2. The van der Waals surface area contributed by atoms with Gasteiger partial charge in [-0.2, -0.15) is 9.61 Å². The van der Waals surface area contributed by atoms with Gasteiger partial charge in [0.1, 0.15) is 12.1 Å². The number of aliphatic hydroxyl groups excluding tert-OH is 2. The molecule has 4 rings (SSSR count). The summed E-state index contributed by atoms with van der Waals surface area (Å²) in [5.41, 5.74) is 2.60. The first kappa shape index (κ1) is 18.8. The monoisotopic (exact) mass is 385 g/mol. The van der Waals surface area contributed by atoms with Gasteiger partial charge in [-0.05, 0) is 43.0 Å². The average Bonchev–Trinajstić information content (AvgIpc) is 3.19. The zero-order chi connectivity index (χ0) is 19.7. The molecular weight excluding hydrogens is 361 g/mol. The molecule has 1 aliphatic heterocycles. The van der Waals surface area contributed by atoms with Crippen molar-refractivity contribution in [3.05, 3.63) is 53.7 Å². The van der Waals surface area contributed by atoms with Gasteiger partial charge in [-0.25, -0.2) is 4.39 Å². The molecule has 0 saturated carbocycles. The lowest BCUT2D eigenvalue weighted by Gasteiger charge is -2.46. The highest BCUT2D eigenvalue weighted by molar-refractivity contribution is 5.68. The van der Waals surface area contributed by atoms with E-state index < -0.39 is 11.5 Å². The van der Waals surface area contributed by atoms with E-state index in [9.17, 15) is 14.6 Å². The molecule has 1 saturated heterocycles. The van der Waals surface area contributed by atoms with Crippen molar-refractivity contribution in [1.82, 2.24) is 19.8 Å². The van der Waals surface area contributed by atoms with Crippen LogP contribution in [0.1, 0.15) is 24.6 Å². The first-order chi connectivity index (χ1) is 13.5. The van der Waals surface area contributed by atoms with E-state index in [-0.39, 0.29) is 12.4 Å². The first-order valence-electron chi connectivity index (χ1n) is 9.53. The fourth-order valence-corrected chi connectivity index (χ4v) is 4.02. The zero-order valence-electron chi connectivity index (χ0n) is 15.8. The molecule has 2 N–H and O–H groups in total. The molecule has 2 atom stereocenters. The summed E-state index contributed by atoms with van der Waals surface area (Å²) in [5, 5.41) is 33.7. The van der Waals surface area contributed by atoms with Crippen molar-refractivity contribution in [3.8, 4) is 0 Å². The minimum Gasteiger partial charge on any atom is -0.396 e. The fourth-order valence-electron chi connectivity index (χ4n) is 4.02. The lowest BCUT2D eigenvalue weighted by atomic mass is 9.73. The fraction of sp³-hybridized carbons (Fsp3) is 0.450. The van der Waals surface area contributed by atoms with E-state index in [1.54, 1.807) is 23.0 Å². The van der Waals surface area contributed by atoms with Crippen LogP contribution in [0.2, 0.25) is 0 Å². The van der Waals surface area contributed by atoms with Gasteiger partial charge in [0.2, 0.25) is 5.65 Å². The van der Waals surface area contributed by atoms with E-state index in [1.807, 2.05) is 13.0 Å². The van der Waals surface area contributed by atoms with Gasteiger partial charge in [0.05, 0.1) is 24.1 Å². The molecule has 0 bridgehead atoms. The van der Waals surface area contributed by atoms with E-state index in [1.165, 1.54) is 12.1 Å². The summed E-state index contributed by atoms with van der Waals surface area (Å²) in [4.78, 5) is 2.14. The van der Waals surface area contributed by atoms with Crippen LogP contribution in [0.4, 0.5) is 10.1 Å². The van der Waals surface area contributed by atoms with E-state index in [0.29, 0.717) is 31.6 Å². The Morgan fingerprint density at radius 1 is 1.29 bits per heavy atom. The van der Waals surface area contributed by atoms with Gasteiger partial charge in [-0.3, -0.25) is 0 Å². The molecule has 28 heavy (non-hydrogen) atoms. The smallest absolute Gasteiger partial charge is 0.200 e. The summed E-state index contributed by atoms with van der Waals surface area (Å²) in [6, 6.07) is 8.22. The second-order valence-corrected chi connectivity index (χ2v) is 7.52. The Morgan fingerprint density at radius 3 is 2.79 bits per heavy atom. The minimum absolute atomic E-state index is 0.170. The van der Waals surface area contributed by atoms with Gasteiger partial charge in [-0.1, -0.05) is 19.1 Å². The summed E-state index contributed by atoms with van der Waals surface area (Å²) in [7, 11) is 0. The maximum absolute atomic E-state index is 13.3. The molecule has 8 heteroatoms. The van der Waals surface area contributed by atoms with Gasteiger partial charge in [-0.15, -0.1) is 10.2 Å². The van der Waals surface area contributed by atoms with Crippen molar-refractivity contribution in [2.75, 3.05) is 24.6 Å². The van der Waals surface area contributed by atoms with Crippen LogP contribution in [0.3, 0.4) is 0 Å². The number of piperidine rings is 1. The highest BCUT2D eigenvalue weighted by atomic mass is 19.1. The standard InChI is InChI=1S/C20H24FN5O2/c1-2-16-9-17(19-23-22-13-26(19)24-16)25-8-7-18(28)20(11-25,12-27)10-14-3-5-15(21)6-4-14/h3-6,9,13,18,27-28H,2,7-8,10-12H2,1H3/t18-,20-/m0/s1. The van der Waals surface area contributed by atoms with Gasteiger partial charge in [0, 0.05) is 18.5 Å². The lowest BCUT2D eigenvalue weighted by molar-refractivity contribution is -0.0291. The average molecular weight is 385 g/mol. The molecular formula is C20H24FN5O2. The van der Waals surface area contributed by atoms with Crippen LogP contribution in [-0.4, -0.2) is 55.8 Å². The Bertz CT molecular complexity index is 961. The number of rotatable bonds is 5. The number of aromatic nitrogens is 4. The predicted octanol–water partition coefficient (Wildman–Crippen LogP) is 1.62. The molecule has 3 heterocycles. The number of halogens is 1. The third-order valence-electron chi connectivity index (χ3n) is 5.67. The van der Waals surface area contributed by atoms with Crippen molar-refractivity contribution in [2.45, 2.75) is 32.3 Å². The van der Waals surface area contributed by atoms with Crippen LogP contribution in [0, 0.1) is 11.2 Å². The van der Waals surface area contributed by atoms with Crippen LogP contribution in [0.25, 0.3) is 5.65 Å². The molecule has 3 aromatic rings. The van der Waals surface area contributed by atoms with Crippen LogP contribution >= 0.6 is 0 Å². The molecule has 0 amide bonds. The SMILES string of the molecule is CCc1cc(N2CC[C@H](O)[C@@](CO)(Cc3ccc(F)cc3)C2)c2nncn2n1. The number of benzene rings is 1. The van der Waals surface area contributed by atoms with Gasteiger partial charge < -0.3 is 15.1 Å². The van der Waals surface area contributed by atoms with Crippen molar-refractivity contribution >= 4 is 11.3 Å². The topological polar surface area (TPSA) is 86.8 Å². The normalized spacial score (nSPS) is 22.7. The second-order valence-electron chi connectivity index (χ2n) is 7.52. The van der Waals surface area contributed by atoms with Crippen LogP contribution in [-0.2, 0) is 12.8 Å². The number of hydrogen-bond acceptors (Lipinski definition) is 6. The Morgan fingerprint density at radius 2 is 2.07 bits per heavy atom. The summed E-state index contributed by atoms with van der Waals surface area (Å²) < 4.78 is 14.9. The minimum atomic E-state index is -0.747. The van der Waals surface area contributed by atoms with Crippen LogP contribution in [0.5, 0.6) is 0 Å². The van der Waals surface area contributed by atoms with Crippen molar-refractivity contribution in [2.24, 2.45) is 5.41 Å². The van der Waals surface area contributed by atoms with Crippen molar-refractivity contribution < 1.29 is 14.6 Å². The number of anilines is 1. The van der Waals surface area contributed by atoms with Crippen molar-refractivity contribution in [3.63, 3.8) is 0 Å². The van der Waals surface area contributed by atoms with Crippen molar-refractivity contribution in [1.29, 1.82) is 0 Å². The molecule has 1 fully saturated rings. The zero-order valence-corrected chi connectivity index (χ0v) is 15.8. The lowest BCUT2D eigenvalue weighted by Crippen LogP contribution is -2.55. The maximum atomic E-state index is 13.3. The highest BCUT2D eigenvalue weighted by Gasteiger charge is 2.43. The Balaban J connectivity index is 1.69. The number of nitrogens with zero attached hydrogens (tertiary/aromatic N) is 5. The van der Waals surface area contributed by atoms with E-state index in [4.69, 9.17) is 0 Å². The molecule has 0 aliphatic carbocycles. The molecule has 148 valence electrons. The molecule has 1 aliphatic rings. The van der Waals surface area contributed by atoms with E-state index in [2.05, 4.69) is 20.2 Å². The Labute approximate surface area is 162 Å². The molecule has 7 nitrogen and oxygen atoms in total. The van der Waals surface area contributed by atoms with E-state index in [0.717, 1.165) is 23.4 Å². The van der Waals surface area contributed by atoms with E-state index >= 15 is 0 Å². The highest BCUT2D eigenvalue weighted by Crippen LogP contribution is 2.37. The summed E-state index contributed by atoms with van der Waals surface area (Å²) in [5.74, 6) is -0.300. The third-order valence-corrected chi connectivity index (χ3v) is 5.67. The molecule has 1 aromatic carbocycles.